The van der Waals surface area contributed by atoms with Crippen LogP contribution < -0.4 is 0 Å². The smallest absolute Gasteiger partial charge is 0.207 e. The van der Waals surface area contributed by atoms with Crippen molar-refractivity contribution in [2.24, 2.45) is 0 Å². The summed E-state index contributed by atoms with van der Waals surface area (Å²) >= 11 is 0. The van der Waals surface area contributed by atoms with E-state index in [2.05, 4.69) is 0 Å². The highest BCUT2D eigenvalue weighted by Gasteiger charge is 2.29. The van der Waals surface area contributed by atoms with Crippen LogP contribution in [-0.4, -0.2) is 8.42 Å². The Morgan fingerprint density at radius 3 is 1.39 bits per heavy atom. The molecular weight excluding hydrogens is 364 g/mol. The van der Waals surface area contributed by atoms with Crippen molar-refractivity contribution in [3.8, 4) is 0 Å². The predicted octanol–water partition coefficient (Wildman–Crippen LogP) is 5.97. The van der Waals surface area contributed by atoms with Gasteiger partial charge in [0.1, 0.15) is 0 Å². The Morgan fingerprint density at radius 2 is 0.929 bits per heavy atom. The van der Waals surface area contributed by atoms with E-state index in [9.17, 15) is 8.42 Å². The Kier molecular flexibility index (Phi) is 4.84. The molecule has 0 aromatic heterocycles. The van der Waals surface area contributed by atoms with Crippen molar-refractivity contribution >= 4 is 25.2 Å². The maximum absolute atomic E-state index is 13.7. The first-order chi connectivity index (χ1) is 13.6. The first-order valence-electron chi connectivity index (χ1n) is 9.13. The maximum Gasteiger partial charge on any atom is 0.207 e. The van der Waals surface area contributed by atoms with Gasteiger partial charge in [0, 0.05) is 0 Å². The number of hydrogen-bond donors (Lipinski definition) is 0. The molecule has 4 rings (SSSR count). The Labute approximate surface area is 166 Å². The summed E-state index contributed by atoms with van der Waals surface area (Å²) in [5.74, 6) is 0. The average molecular weight is 385 g/mol. The van der Waals surface area contributed by atoms with Crippen molar-refractivity contribution in [2.45, 2.75) is 6.92 Å². The summed E-state index contributed by atoms with van der Waals surface area (Å²) in [5, 5.41) is 0. The van der Waals surface area contributed by atoms with E-state index in [1.807, 2.05) is 104 Å². The highest BCUT2D eigenvalue weighted by Crippen LogP contribution is 2.39. The van der Waals surface area contributed by atoms with Gasteiger partial charge >= 0.3 is 0 Å². The van der Waals surface area contributed by atoms with E-state index in [0.717, 1.165) is 16.7 Å². The van der Waals surface area contributed by atoms with Gasteiger partial charge in [-0.15, -0.1) is 0 Å². The molecule has 28 heavy (non-hydrogen) atoms. The fraction of sp³-hybridized carbons (Fsp3) is 0.0400. The molecular formula is C25H20O2S. The Hall–Kier alpha value is -3.17. The second-order valence-corrected chi connectivity index (χ2v) is 8.60. The van der Waals surface area contributed by atoms with E-state index < -0.39 is 9.84 Å². The molecule has 3 heteroatoms. The van der Waals surface area contributed by atoms with Gasteiger partial charge in [0.15, 0.2) is 0 Å². The van der Waals surface area contributed by atoms with Gasteiger partial charge in [-0.1, -0.05) is 91.0 Å². The fourth-order valence-corrected chi connectivity index (χ4v) is 5.14. The zero-order chi connectivity index (χ0) is 19.6. The molecule has 0 atom stereocenters. The summed E-state index contributed by atoms with van der Waals surface area (Å²) < 4.78 is 27.4. The molecule has 0 saturated heterocycles. The predicted molar refractivity (Wildman–Crippen MR) is 117 cm³/mol. The van der Waals surface area contributed by atoms with Crippen molar-refractivity contribution in [1.29, 1.82) is 0 Å². The molecule has 0 unspecified atom stereocenters. The molecule has 1 heterocycles. The van der Waals surface area contributed by atoms with E-state index in [4.69, 9.17) is 0 Å². The quantitative estimate of drug-likeness (QED) is 0.557. The van der Waals surface area contributed by atoms with Gasteiger partial charge in [-0.25, -0.2) is 8.42 Å². The van der Waals surface area contributed by atoms with E-state index in [-0.39, 0.29) is 0 Å². The van der Waals surface area contributed by atoms with E-state index in [0.29, 0.717) is 20.9 Å². The van der Waals surface area contributed by atoms with Crippen molar-refractivity contribution in [3.63, 3.8) is 0 Å². The van der Waals surface area contributed by atoms with Crippen LogP contribution in [0.25, 0.3) is 15.4 Å². The van der Waals surface area contributed by atoms with E-state index in [1.165, 1.54) is 0 Å². The van der Waals surface area contributed by atoms with Crippen molar-refractivity contribution in [2.75, 3.05) is 0 Å². The van der Waals surface area contributed by atoms with Crippen LogP contribution in [0.2, 0.25) is 0 Å². The lowest BCUT2D eigenvalue weighted by Crippen LogP contribution is -2.06. The normalized spacial score (nSPS) is 16.2. The Morgan fingerprint density at radius 1 is 0.536 bits per heavy atom. The lowest BCUT2D eigenvalue weighted by molar-refractivity contribution is 0.615. The zero-order valence-electron chi connectivity index (χ0n) is 15.5. The fourth-order valence-electron chi connectivity index (χ4n) is 3.40. The minimum Gasteiger partial charge on any atom is -0.218 e. The molecule has 0 fully saturated rings. The monoisotopic (exact) mass is 384 g/mol. The van der Waals surface area contributed by atoms with Gasteiger partial charge in [-0.05, 0) is 46.9 Å². The lowest BCUT2D eigenvalue weighted by atomic mass is 9.98. The van der Waals surface area contributed by atoms with Crippen LogP contribution >= 0.6 is 0 Å². The molecule has 138 valence electrons. The Balaban J connectivity index is 2.04. The second kappa shape index (κ2) is 7.45. The first kappa shape index (κ1) is 18.2. The summed E-state index contributed by atoms with van der Waals surface area (Å²) in [6.07, 6.45) is 3.60. The summed E-state index contributed by atoms with van der Waals surface area (Å²) in [4.78, 5) is 0.644. The molecule has 0 bridgehead atoms. The third-order valence-electron chi connectivity index (χ3n) is 4.83. The van der Waals surface area contributed by atoms with Crippen LogP contribution in [0.3, 0.4) is 0 Å². The summed E-state index contributed by atoms with van der Waals surface area (Å²) in [5.41, 5.74) is 4.20. The van der Waals surface area contributed by atoms with Crippen LogP contribution in [0.4, 0.5) is 0 Å². The van der Waals surface area contributed by atoms with E-state index >= 15 is 0 Å². The molecule has 0 radical (unpaired) electrons. The number of sulfone groups is 1. The van der Waals surface area contributed by atoms with Gasteiger partial charge < -0.3 is 0 Å². The molecule has 0 amide bonds. The van der Waals surface area contributed by atoms with E-state index in [1.54, 1.807) is 6.08 Å². The van der Waals surface area contributed by atoms with Gasteiger partial charge in [0.2, 0.25) is 9.84 Å². The van der Waals surface area contributed by atoms with Gasteiger partial charge in [-0.2, -0.15) is 0 Å². The van der Waals surface area contributed by atoms with Crippen LogP contribution in [0.1, 0.15) is 23.6 Å². The summed E-state index contributed by atoms with van der Waals surface area (Å²) in [7, 11) is -3.70. The number of allylic oxidation sites excluding steroid dienone is 4. The third kappa shape index (κ3) is 3.37. The minimum absolute atomic E-state index is 0.318. The average Bonchev–Trinajstić information content (AvgIpc) is 2.84. The van der Waals surface area contributed by atoms with Crippen molar-refractivity contribution < 1.29 is 8.42 Å². The molecule has 0 N–H and O–H groups in total. The minimum atomic E-state index is -3.70. The van der Waals surface area contributed by atoms with Crippen molar-refractivity contribution in [3.05, 3.63) is 125 Å². The van der Waals surface area contributed by atoms with Crippen molar-refractivity contribution in [1.82, 2.24) is 0 Å². The molecule has 1 aliphatic rings. The summed E-state index contributed by atoms with van der Waals surface area (Å²) in [6, 6.07) is 28.5. The maximum atomic E-state index is 13.7. The number of rotatable bonds is 3. The van der Waals surface area contributed by atoms with Gasteiger partial charge in [-0.3, -0.25) is 0 Å². The van der Waals surface area contributed by atoms with Crippen LogP contribution in [0, 0.1) is 0 Å². The van der Waals surface area contributed by atoms with Crippen LogP contribution in [0.15, 0.2) is 109 Å². The number of hydrogen-bond acceptors (Lipinski definition) is 2. The van der Waals surface area contributed by atoms with Gasteiger partial charge in [0.05, 0.1) is 9.81 Å². The standard InChI is InChI=1S/C25H20O2S/c1-19-17-24(21-13-7-3-8-14-21)28(26,27)25(22-15-9-4-10-16-22)18-23(19)20-11-5-2-6-12-20/h2-18H,1H3. The molecule has 2 nitrogen and oxygen atoms in total. The molecule has 3 aromatic rings. The number of benzene rings is 3. The second-order valence-electron chi connectivity index (χ2n) is 6.72. The van der Waals surface area contributed by atoms with Crippen LogP contribution in [0.5, 0.6) is 0 Å². The largest absolute Gasteiger partial charge is 0.218 e. The summed E-state index contributed by atoms with van der Waals surface area (Å²) in [6.45, 7) is 1.96. The molecule has 0 spiro atoms. The zero-order valence-corrected chi connectivity index (χ0v) is 16.4. The molecule has 0 saturated carbocycles. The highest BCUT2D eigenvalue weighted by molar-refractivity contribution is 8.09. The first-order valence-corrected chi connectivity index (χ1v) is 10.6. The van der Waals surface area contributed by atoms with Crippen LogP contribution in [-0.2, 0) is 9.84 Å². The SMILES string of the molecule is CC1=C(c2ccccc2)C=C(c2ccccc2)S(=O)(=O)C(c2ccccc2)=C1. The highest BCUT2D eigenvalue weighted by atomic mass is 32.2. The lowest BCUT2D eigenvalue weighted by Gasteiger charge is -2.12. The topological polar surface area (TPSA) is 34.1 Å². The Bertz CT molecular complexity index is 1190. The molecule has 1 aliphatic heterocycles. The molecule has 0 aliphatic carbocycles. The third-order valence-corrected chi connectivity index (χ3v) is 6.69. The molecule has 3 aromatic carbocycles. The van der Waals surface area contributed by atoms with Gasteiger partial charge in [0.25, 0.3) is 0 Å².